The number of benzene rings is 2. The minimum absolute atomic E-state index is 0.0982. The first-order valence-corrected chi connectivity index (χ1v) is 13.4. The molecule has 0 radical (unpaired) electrons. The maximum absolute atomic E-state index is 13.5. The van der Waals surface area contributed by atoms with Gasteiger partial charge in [0.2, 0.25) is 5.91 Å². The number of β-amino-alcohol motifs (C(OH)–C–C–N with tert-alkyl or cyclic N) is 1. The van der Waals surface area contributed by atoms with E-state index in [2.05, 4.69) is 22.2 Å². The molecule has 0 saturated carbocycles. The summed E-state index contributed by atoms with van der Waals surface area (Å²) in [7, 11) is 0. The summed E-state index contributed by atoms with van der Waals surface area (Å²) in [6, 6.07) is 15.6. The number of thiophene rings is 1. The van der Waals surface area contributed by atoms with Crippen LogP contribution >= 0.6 is 11.3 Å². The van der Waals surface area contributed by atoms with E-state index in [0.29, 0.717) is 38.8 Å². The molecule has 4 amide bonds. The highest BCUT2D eigenvalue weighted by Gasteiger charge is 2.37. The van der Waals surface area contributed by atoms with Gasteiger partial charge in [-0.25, -0.2) is 9.78 Å². The number of urea groups is 1. The molecule has 2 aromatic carbocycles. The first-order chi connectivity index (χ1) is 19.3. The molecule has 3 N–H and O–H groups in total. The Morgan fingerprint density at radius 2 is 1.95 bits per heavy atom. The molecule has 2 aromatic heterocycles. The van der Waals surface area contributed by atoms with Crippen LogP contribution in [0.1, 0.15) is 15.2 Å². The maximum atomic E-state index is 13.5. The summed E-state index contributed by atoms with van der Waals surface area (Å²) in [5.41, 5.74) is 2.45. The summed E-state index contributed by atoms with van der Waals surface area (Å²) in [5.74, 6) is 0.569. The smallest absolute Gasteiger partial charge is 0.331 e. The topological polar surface area (TPSA) is 124 Å². The van der Waals surface area contributed by atoms with Crippen LogP contribution in [0.3, 0.4) is 0 Å². The molecular formula is C29H25N5O5S. The van der Waals surface area contributed by atoms with Crippen molar-refractivity contribution in [2.45, 2.75) is 19.1 Å². The lowest BCUT2D eigenvalue weighted by molar-refractivity contribution is -0.125. The van der Waals surface area contributed by atoms with Crippen LogP contribution in [-0.2, 0) is 4.79 Å². The van der Waals surface area contributed by atoms with Gasteiger partial charge in [0.15, 0.2) is 0 Å². The van der Waals surface area contributed by atoms with Gasteiger partial charge in [-0.15, -0.1) is 11.3 Å². The number of hydrogen-bond acceptors (Lipinski definition) is 7. The van der Waals surface area contributed by atoms with Crippen molar-refractivity contribution < 1.29 is 24.2 Å². The van der Waals surface area contributed by atoms with Gasteiger partial charge < -0.3 is 25.4 Å². The van der Waals surface area contributed by atoms with Crippen molar-refractivity contribution in [3.63, 3.8) is 0 Å². The Balaban J connectivity index is 1.30. The quantitative estimate of drug-likeness (QED) is 0.300. The van der Waals surface area contributed by atoms with Crippen molar-refractivity contribution in [2.75, 3.05) is 23.3 Å². The van der Waals surface area contributed by atoms with Gasteiger partial charge in [0.1, 0.15) is 21.2 Å². The van der Waals surface area contributed by atoms with Crippen molar-refractivity contribution in [2.24, 2.45) is 0 Å². The first kappa shape index (κ1) is 25.5. The van der Waals surface area contributed by atoms with Crippen LogP contribution in [0.25, 0.3) is 10.2 Å². The molecule has 1 fully saturated rings. The second-order valence-electron chi connectivity index (χ2n) is 9.54. The number of likely N-dealkylation sites (tertiary alicyclic amines) is 1. The fourth-order valence-corrected chi connectivity index (χ4v) is 6.04. The number of ether oxygens (including phenoxy) is 1. The van der Waals surface area contributed by atoms with E-state index in [1.807, 2.05) is 49.4 Å². The van der Waals surface area contributed by atoms with Gasteiger partial charge in [-0.2, -0.15) is 0 Å². The second kappa shape index (κ2) is 10.1. The van der Waals surface area contributed by atoms with Crippen molar-refractivity contribution in [1.82, 2.24) is 15.2 Å². The molecule has 202 valence electrons. The third-order valence-corrected chi connectivity index (χ3v) is 8.03. The minimum atomic E-state index is -0.922. The number of carbonyl (C=O) groups is 3. The highest BCUT2D eigenvalue weighted by atomic mass is 32.1. The van der Waals surface area contributed by atoms with E-state index in [0.717, 1.165) is 16.9 Å². The lowest BCUT2D eigenvalue weighted by Gasteiger charge is -2.29. The summed E-state index contributed by atoms with van der Waals surface area (Å²) < 4.78 is 5.94. The molecule has 0 spiro atoms. The van der Waals surface area contributed by atoms with Gasteiger partial charge in [0.05, 0.1) is 34.6 Å². The number of nitrogens with zero attached hydrogens (tertiary/aromatic N) is 3. The Kier molecular flexibility index (Phi) is 6.45. The highest BCUT2D eigenvalue weighted by molar-refractivity contribution is 7.21. The summed E-state index contributed by atoms with van der Waals surface area (Å²) in [4.78, 5) is 47.1. The number of aliphatic hydroxyl groups is 1. The van der Waals surface area contributed by atoms with Crippen molar-refractivity contribution >= 4 is 56.5 Å². The molecule has 4 heterocycles. The molecule has 0 unspecified atom stereocenters. The largest absolute Gasteiger partial charge is 0.457 e. The number of nitrogens with one attached hydrogen (secondary N) is 2. The standard InChI is InChI=1S/C29H25N5O5S/c1-3-23(36)33-14-19(22(35)15-33)31-27(37)26-25-24-21(11-12-30-28(24)40-26)34(29(38)32-25)20-10-9-18(13-16(20)2)39-17-7-5-4-6-8-17/h3-13,19,22,35H,1,14-15H2,2H3,(H,31,37)(H,32,38)/t19-,22-/m0/s1. The number of rotatable bonds is 6. The Hall–Kier alpha value is -4.74. The van der Waals surface area contributed by atoms with E-state index in [4.69, 9.17) is 4.74 Å². The fourth-order valence-electron chi connectivity index (χ4n) is 5.02. The van der Waals surface area contributed by atoms with E-state index < -0.39 is 24.1 Å². The van der Waals surface area contributed by atoms with E-state index in [1.54, 1.807) is 23.2 Å². The Morgan fingerprint density at radius 1 is 1.15 bits per heavy atom. The number of amides is 4. The van der Waals surface area contributed by atoms with E-state index in [-0.39, 0.29) is 23.9 Å². The molecule has 6 rings (SSSR count). The van der Waals surface area contributed by atoms with Gasteiger partial charge in [0, 0.05) is 19.3 Å². The van der Waals surface area contributed by atoms with Crippen LogP contribution in [0.4, 0.5) is 21.9 Å². The number of carbonyl (C=O) groups excluding carboxylic acids is 3. The number of aromatic nitrogens is 1. The lowest BCUT2D eigenvalue weighted by Crippen LogP contribution is -2.43. The number of para-hydroxylation sites is 1. The van der Waals surface area contributed by atoms with Gasteiger partial charge >= 0.3 is 6.03 Å². The first-order valence-electron chi connectivity index (χ1n) is 12.6. The van der Waals surface area contributed by atoms with Crippen LogP contribution in [-0.4, -0.2) is 58.1 Å². The van der Waals surface area contributed by atoms with Crippen LogP contribution < -0.4 is 20.3 Å². The third kappa shape index (κ3) is 4.44. The molecule has 1 saturated heterocycles. The molecule has 4 aromatic rings. The Bertz CT molecular complexity index is 1670. The van der Waals surface area contributed by atoms with Crippen molar-refractivity contribution in [3.8, 4) is 11.5 Å². The van der Waals surface area contributed by atoms with Crippen molar-refractivity contribution in [1.29, 1.82) is 0 Å². The summed E-state index contributed by atoms with van der Waals surface area (Å²) in [5, 5.41) is 16.8. The zero-order valence-electron chi connectivity index (χ0n) is 21.5. The van der Waals surface area contributed by atoms with Crippen LogP contribution in [0.15, 0.2) is 73.4 Å². The predicted molar refractivity (Wildman–Crippen MR) is 153 cm³/mol. The molecule has 2 aliphatic heterocycles. The van der Waals surface area contributed by atoms with Crippen LogP contribution in [0.5, 0.6) is 11.5 Å². The molecule has 2 atom stereocenters. The summed E-state index contributed by atoms with van der Waals surface area (Å²) in [6.07, 6.45) is 1.86. The number of hydrogen-bond donors (Lipinski definition) is 3. The zero-order chi connectivity index (χ0) is 28.0. The fraction of sp³-hybridized carbons (Fsp3) is 0.172. The maximum Gasteiger partial charge on any atom is 0.331 e. The van der Waals surface area contributed by atoms with E-state index in [9.17, 15) is 19.5 Å². The van der Waals surface area contributed by atoms with E-state index >= 15 is 0 Å². The normalized spacial score (nSPS) is 18.0. The zero-order valence-corrected chi connectivity index (χ0v) is 22.3. The number of aryl methyl sites for hydroxylation is 1. The van der Waals surface area contributed by atoms with Crippen LogP contribution in [0.2, 0.25) is 0 Å². The third-order valence-electron chi connectivity index (χ3n) is 6.93. The molecule has 10 nitrogen and oxygen atoms in total. The van der Waals surface area contributed by atoms with Gasteiger partial charge in [0.25, 0.3) is 5.91 Å². The Morgan fingerprint density at radius 3 is 2.70 bits per heavy atom. The predicted octanol–water partition coefficient (Wildman–Crippen LogP) is 4.57. The van der Waals surface area contributed by atoms with Gasteiger partial charge in [-0.1, -0.05) is 24.8 Å². The average molecular weight is 556 g/mol. The SMILES string of the molecule is C=CC(=O)N1C[C@H](NC(=O)c2sc3nccc4c3c2NC(=O)N4c2ccc(Oc3ccccc3)cc2C)[C@@H](O)C1. The van der Waals surface area contributed by atoms with E-state index in [1.165, 1.54) is 11.0 Å². The average Bonchev–Trinajstić information content (AvgIpc) is 3.50. The highest BCUT2D eigenvalue weighted by Crippen LogP contribution is 2.46. The molecule has 40 heavy (non-hydrogen) atoms. The lowest BCUT2D eigenvalue weighted by atomic mass is 10.1. The Labute approximate surface area is 233 Å². The number of aliphatic hydroxyl groups excluding tert-OH is 1. The van der Waals surface area contributed by atoms with Crippen LogP contribution in [0, 0.1) is 6.92 Å². The van der Waals surface area contributed by atoms with Gasteiger partial charge in [-0.05, 0) is 55.0 Å². The molecule has 2 aliphatic rings. The monoisotopic (exact) mass is 555 g/mol. The van der Waals surface area contributed by atoms with Crippen molar-refractivity contribution in [3.05, 3.63) is 83.9 Å². The second-order valence-corrected chi connectivity index (χ2v) is 10.5. The molecular weight excluding hydrogens is 530 g/mol. The molecule has 0 bridgehead atoms. The minimum Gasteiger partial charge on any atom is -0.457 e. The number of anilines is 3. The van der Waals surface area contributed by atoms with Gasteiger partial charge in [-0.3, -0.25) is 14.5 Å². The molecule has 11 heteroatoms. The number of pyridine rings is 1. The molecule has 0 aliphatic carbocycles. The summed E-state index contributed by atoms with van der Waals surface area (Å²) >= 11 is 1.15. The summed E-state index contributed by atoms with van der Waals surface area (Å²) in [6.45, 7) is 5.62.